The van der Waals surface area contributed by atoms with E-state index in [2.05, 4.69) is 4.99 Å². The average Bonchev–Trinajstić information content (AvgIpc) is 3.07. The van der Waals surface area contributed by atoms with E-state index in [-0.39, 0.29) is 29.7 Å². The minimum Gasteiger partial charge on any atom is -0.459 e. The molecular weight excluding hydrogens is 322 g/mol. The lowest BCUT2D eigenvalue weighted by Gasteiger charge is -2.35. The molecule has 0 aromatic carbocycles. The molecule has 0 bridgehead atoms. The van der Waals surface area contributed by atoms with Crippen LogP contribution in [0.3, 0.4) is 0 Å². The maximum Gasteiger partial charge on any atom is 0.336 e. The molecule has 2 heterocycles. The second kappa shape index (κ2) is 7.01. The first kappa shape index (κ1) is 17.1. The Hall–Kier alpha value is -1.75. The number of rotatable bonds is 4. The highest BCUT2D eigenvalue weighted by molar-refractivity contribution is 7.10. The van der Waals surface area contributed by atoms with Crippen LogP contribution in [0.2, 0.25) is 0 Å². The summed E-state index contributed by atoms with van der Waals surface area (Å²) < 4.78 is 5.58. The molecule has 3 atom stereocenters. The third kappa shape index (κ3) is 3.09. The van der Waals surface area contributed by atoms with Crippen molar-refractivity contribution in [2.75, 3.05) is 0 Å². The molecule has 1 aliphatic heterocycles. The fraction of sp³-hybridized carbons (Fsp3) is 0.526. The van der Waals surface area contributed by atoms with Crippen molar-refractivity contribution in [3.8, 4) is 0 Å². The Balaban J connectivity index is 2.06. The molecule has 4 nitrogen and oxygen atoms in total. The maximum absolute atomic E-state index is 12.8. The number of carbonyl (C=O) groups is 2. The number of nitrogens with zero attached hydrogens (tertiary/aromatic N) is 1. The summed E-state index contributed by atoms with van der Waals surface area (Å²) in [5.41, 5.74) is 2.19. The lowest BCUT2D eigenvalue weighted by atomic mass is 9.71. The van der Waals surface area contributed by atoms with Gasteiger partial charge in [-0.05, 0) is 44.6 Å². The number of fused-ring (bicyclic) bond motifs is 1. The minimum absolute atomic E-state index is 0.144. The van der Waals surface area contributed by atoms with Crippen LogP contribution in [-0.4, -0.2) is 23.6 Å². The molecule has 1 saturated carbocycles. The Bertz CT molecular complexity index is 702. The number of carbonyl (C=O) groups excluding carboxylic acids is 2. The molecular formula is C19H23NO3S. The third-order valence-electron chi connectivity index (χ3n) is 4.86. The van der Waals surface area contributed by atoms with Crippen molar-refractivity contribution in [3.63, 3.8) is 0 Å². The van der Waals surface area contributed by atoms with Crippen LogP contribution < -0.4 is 0 Å². The van der Waals surface area contributed by atoms with Crippen LogP contribution in [0.25, 0.3) is 0 Å². The van der Waals surface area contributed by atoms with Gasteiger partial charge in [0.25, 0.3) is 0 Å². The van der Waals surface area contributed by atoms with Crippen LogP contribution in [0.4, 0.5) is 0 Å². The largest absolute Gasteiger partial charge is 0.459 e. The van der Waals surface area contributed by atoms with E-state index in [0.29, 0.717) is 17.7 Å². The monoisotopic (exact) mass is 345 g/mol. The summed E-state index contributed by atoms with van der Waals surface area (Å²) in [6.07, 6.45) is 2.88. The molecule has 1 fully saturated rings. The van der Waals surface area contributed by atoms with Gasteiger partial charge < -0.3 is 4.74 Å². The van der Waals surface area contributed by atoms with Gasteiger partial charge in [-0.1, -0.05) is 13.0 Å². The van der Waals surface area contributed by atoms with Crippen molar-refractivity contribution in [2.24, 2.45) is 10.9 Å². The van der Waals surface area contributed by atoms with Crippen molar-refractivity contribution in [1.29, 1.82) is 0 Å². The van der Waals surface area contributed by atoms with E-state index in [0.717, 1.165) is 29.9 Å². The number of aliphatic imine (C=N–C) groups is 1. The van der Waals surface area contributed by atoms with Crippen LogP contribution in [0, 0.1) is 5.92 Å². The molecule has 2 aliphatic rings. The van der Waals surface area contributed by atoms with Crippen molar-refractivity contribution >= 4 is 28.8 Å². The topological polar surface area (TPSA) is 55.7 Å². The molecule has 5 heteroatoms. The summed E-state index contributed by atoms with van der Waals surface area (Å²) in [4.78, 5) is 31.1. The van der Waals surface area contributed by atoms with E-state index >= 15 is 0 Å². The SMILES string of the molecule is CC[C@@H](C)OC(=O)C1=C(C)N=C2CCCC(=O)[C@H]2[C@H]1c1cccs1. The third-order valence-corrected chi connectivity index (χ3v) is 5.82. The molecule has 0 amide bonds. The molecule has 0 N–H and O–H groups in total. The van der Waals surface area contributed by atoms with Crippen LogP contribution in [-0.2, 0) is 14.3 Å². The smallest absolute Gasteiger partial charge is 0.336 e. The summed E-state index contributed by atoms with van der Waals surface area (Å²) in [6, 6.07) is 3.97. The van der Waals surface area contributed by atoms with Gasteiger partial charge in [0.05, 0.1) is 17.6 Å². The van der Waals surface area contributed by atoms with Gasteiger partial charge >= 0.3 is 5.97 Å². The molecule has 0 spiro atoms. The van der Waals surface area contributed by atoms with Gasteiger partial charge in [-0.2, -0.15) is 0 Å². The summed E-state index contributed by atoms with van der Waals surface area (Å²) in [5.74, 6) is -0.691. The van der Waals surface area contributed by atoms with Gasteiger partial charge in [0.1, 0.15) is 5.78 Å². The Kier molecular flexibility index (Phi) is 4.99. The Labute approximate surface area is 146 Å². The Morgan fingerprint density at radius 2 is 2.21 bits per heavy atom. The first-order valence-corrected chi connectivity index (χ1v) is 9.46. The number of ketones is 1. The number of allylic oxidation sites excluding steroid dienone is 1. The summed E-state index contributed by atoms with van der Waals surface area (Å²) in [5, 5.41) is 1.99. The number of thiophene rings is 1. The van der Waals surface area contributed by atoms with Crippen molar-refractivity contribution in [3.05, 3.63) is 33.7 Å². The van der Waals surface area contributed by atoms with Crippen molar-refractivity contribution in [2.45, 2.75) is 58.5 Å². The average molecular weight is 345 g/mol. The van der Waals surface area contributed by atoms with Crippen LogP contribution in [0.5, 0.6) is 0 Å². The zero-order valence-electron chi connectivity index (χ0n) is 14.4. The number of hydrogen-bond acceptors (Lipinski definition) is 5. The van der Waals surface area contributed by atoms with Crippen LogP contribution in [0.1, 0.15) is 57.2 Å². The summed E-state index contributed by atoms with van der Waals surface area (Å²) in [6.45, 7) is 5.73. The number of esters is 1. The zero-order chi connectivity index (χ0) is 17.3. The standard InChI is InChI=1S/C19H23NO3S/c1-4-11(2)23-19(22)16-12(3)20-13-7-5-8-14(21)17(13)18(16)15-9-6-10-24-15/h6,9-11,17-18H,4-5,7-8H2,1-3H3/t11-,17+,18+/m1/s1. The van der Waals surface area contributed by atoms with Gasteiger partial charge in [0.2, 0.25) is 0 Å². The number of Topliss-reactive ketones (excluding diaryl/α,β-unsaturated/α-hetero) is 1. The van der Waals surface area contributed by atoms with Gasteiger partial charge in [-0.25, -0.2) is 4.79 Å². The number of ether oxygens (including phenoxy) is 1. The fourth-order valence-corrected chi connectivity index (χ4v) is 4.36. The minimum atomic E-state index is -0.332. The molecule has 1 aromatic rings. The molecule has 128 valence electrons. The molecule has 0 radical (unpaired) electrons. The summed E-state index contributed by atoms with van der Waals surface area (Å²) in [7, 11) is 0. The second-order valence-corrected chi connectivity index (χ2v) is 7.50. The van der Waals surface area contributed by atoms with Gasteiger partial charge in [-0.15, -0.1) is 11.3 Å². The van der Waals surface area contributed by atoms with Gasteiger partial charge in [0.15, 0.2) is 0 Å². The lowest BCUT2D eigenvalue weighted by Crippen LogP contribution is -2.39. The van der Waals surface area contributed by atoms with Crippen LogP contribution in [0.15, 0.2) is 33.8 Å². The van der Waals surface area contributed by atoms with Gasteiger partial charge in [0, 0.05) is 28.6 Å². The van der Waals surface area contributed by atoms with E-state index in [4.69, 9.17) is 4.74 Å². The van der Waals surface area contributed by atoms with E-state index in [9.17, 15) is 9.59 Å². The predicted octanol–water partition coefficient (Wildman–Crippen LogP) is 4.27. The molecule has 24 heavy (non-hydrogen) atoms. The van der Waals surface area contributed by atoms with Gasteiger partial charge in [-0.3, -0.25) is 9.79 Å². The zero-order valence-corrected chi connectivity index (χ0v) is 15.2. The highest BCUT2D eigenvalue weighted by atomic mass is 32.1. The first-order chi connectivity index (χ1) is 11.5. The summed E-state index contributed by atoms with van der Waals surface area (Å²) >= 11 is 1.59. The Morgan fingerprint density at radius 1 is 1.42 bits per heavy atom. The molecule has 1 aromatic heterocycles. The van der Waals surface area contributed by atoms with E-state index < -0.39 is 0 Å². The normalized spacial score (nSPS) is 25.1. The maximum atomic E-state index is 12.8. The van der Waals surface area contributed by atoms with Crippen LogP contribution >= 0.6 is 11.3 Å². The lowest BCUT2D eigenvalue weighted by molar-refractivity contribution is -0.144. The molecule has 3 rings (SSSR count). The highest BCUT2D eigenvalue weighted by Gasteiger charge is 2.44. The van der Waals surface area contributed by atoms with E-state index in [1.165, 1.54) is 0 Å². The second-order valence-electron chi connectivity index (χ2n) is 6.52. The molecule has 1 aliphatic carbocycles. The van der Waals surface area contributed by atoms with Crippen molar-refractivity contribution in [1.82, 2.24) is 0 Å². The predicted molar refractivity (Wildman–Crippen MR) is 95.4 cm³/mol. The Morgan fingerprint density at radius 3 is 2.88 bits per heavy atom. The molecule has 0 saturated heterocycles. The van der Waals surface area contributed by atoms with Crippen molar-refractivity contribution < 1.29 is 14.3 Å². The molecule has 0 unspecified atom stereocenters. The first-order valence-electron chi connectivity index (χ1n) is 8.58. The quantitative estimate of drug-likeness (QED) is 0.766. The van der Waals surface area contributed by atoms with E-state index in [1.807, 2.05) is 38.3 Å². The fourth-order valence-electron chi connectivity index (χ4n) is 3.49. The highest BCUT2D eigenvalue weighted by Crippen LogP contribution is 2.44. The van der Waals surface area contributed by atoms with E-state index in [1.54, 1.807) is 11.3 Å². The number of hydrogen-bond donors (Lipinski definition) is 0.